The lowest BCUT2D eigenvalue weighted by atomic mass is 10.1. The highest BCUT2D eigenvalue weighted by atomic mass is 16.4. The van der Waals surface area contributed by atoms with Crippen LogP contribution >= 0.6 is 0 Å². The van der Waals surface area contributed by atoms with Crippen LogP contribution in [0.4, 0.5) is 5.82 Å². The molecule has 0 spiro atoms. The third-order valence-corrected chi connectivity index (χ3v) is 3.24. The molecule has 6 heteroatoms. The smallest absolute Gasteiger partial charge is 0.294 e. The monoisotopic (exact) mass is 308 g/mol. The van der Waals surface area contributed by atoms with Gasteiger partial charge in [0.15, 0.2) is 5.82 Å². The number of carbonyl (C=O) groups is 1. The SMILES string of the molecule is C=Cc1ncc(C(=O)Nc2cn(Cc3cccc(C)c3)cn2)o1. The van der Waals surface area contributed by atoms with Crippen LogP contribution in [-0.2, 0) is 6.54 Å². The summed E-state index contributed by atoms with van der Waals surface area (Å²) in [6.45, 7) is 6.27. The molecule has 23 heavy (non-hydrogen) atoms. The summed E-state index contributed by atoms with van der Waals surface area (Å²) in [6.07, 6.45) is 6.24. The fraction of sp³-hybridized carbons (Fsp3) is 0.118. The molecule has 0 bridgehead atoms. The van der Waals surface area contributed by atoms with Crippen molar-refractivity contribution < 1.29 is 9.21 Å². The fourth-order valence-corrected chi connectivity index (χ4v) is 2.20. The summed E-state index contributed by atoms with van der Waals surface area (Å²) >= 11 is 0. The van der Waals surface area contributed by atoms with Gasteiger partial charge < -0.3 is 14.3 Å². The minimum absolute atomic E-state index is 0.119. The predicted molar refractivity (Wildman–Crippen MR) is 87.1 cm³/mol. The molecule has 0 aliphatic heterocycles. The number of hydrogen-bond acceptors (Lipinski definition) is 4. The van der Waals surface area contributed by atoms with E-state index >= 15 is 0 Å². The molecule has 6 nitrogen and oxygen atoms in total. The highest BCUT2D eigenvalue weighted by molar-refractivity contribution is 6.01. The van der Waals surface area contributed by atoms with Gasteiger partial charge in [-0.25, -0.2) is 9.97 Å². The average Bonchev–Trinajstić information content (AvgIpc) is 3.16. The summed E-state index contributed by atoms with van der Waals surface area (Å²) in [4.78, 5) is 20.1. The van der Waals surface area contributed by atoms with Crippen LogP contribution < -0.4 is 5.32 Å². The van der Waals surface area contributed by atoms with Gasteiger partial charge in [-0.05, 0) is 18.6 Å². The van der Waals surface area contributed by atoms with Gasteiger partial charge >= 0.3 is 0 Å². The summed E-state index contributed by atoms with van der Waals surface area (Å²) in [6, 6.07) is 8.24. The summed E-state index contributed by atoms with van der Waals surface area (Å²) in [7, 11) is 0. The van der Waals surface area contributed by atoms with Crippen molar-refractivity contribution >= 4 is 17.8 Å². The van der Waals surface area contributed by atoms with Gasteiger partial charge in [0.1, 0.15) is 0 Å². The molecule has 0 aliphatic rings. The first-order chi connectivity index (χ1) is 11.1. The van der Waals surface area contributed by atoms with Gasteiger partial charge in [-0.15, -0.1) is 0 Å². The zero-order valence-corrected chi connectivity index (χ0v) is 12.7. The lowest BCUT2D eigenvalue weighted by Gasteiger charge is -2.03. The maximum Gasteiger partial charge on any atom is 0.294 e. The van der Waals surface area contributed by atoms with E-state index in [4.69, 9.17) is 4.42 Å². The fourth-order valence-electron chi connectivity index (χ4n) is 2.20. The molecular formula is C17H16N4O2. The van der Waals surface area contributed by atoms with E-state index in [1.807, 2.05) is 10.6 Å². The number of hydrogen-bond donors (Lipinski definition) is 1. The molecule has 3 aromatic rings. The van der Waals surface area contributed by atoms with E-state index in [0.29, 0.717) is 18.3 Å². The van der Waals surface area contributed by atoms with Gasteiger partial charge in [0.2, 0.25) is 11.7 Å². The molecule has 1 amide bonds. The number of anilines is 1. The second-order valence-electron chi connectivity index (χ2n) is 5.14. The van der Waals surface area contributed by atoms with Crippen LogP contribution in [0.1, 0.15) is 27.6 Å². The van der Waals surface area contributed by atoms with Crippen molar-refractivity contribution in [1.82, 2.24) is 14.5 Å². The highest BCUT2D eigenvalue weighted by Crippen LogP contribution is 2.11. The van der Waals surface area contributed by atoms with Gasteiger partial charge in [0, 0.05) is 12.7 Å². The van der Waals surface area contributed by atoms with E-state index in [1.165, 1.54) is 23.4 Å². The Hall–Kier alpha value is -3.15. The van der Waals surface area contributed by atoms with E-state index in [1.54, 1.807) is 12.5 Å². The van der Waals surface area contributed by atoms with Crippen molar-refractivity contribution in [3.05, 3.63) is 72.3 Å². The zero-order chi connectivity index (χ0) is 16.2. The second-order valence-corrected chi connectivity index (χ2v) is 5.14. The molecular weight excluding hydrogens is 292 g/mol. The molecule has 0 atom stereocenters. The normalized spacial score (nSPS) is 10.5. The minimum Gasteiger partial charge on any atom is -0.432 e. The molecule has 0 aliphatic carbocycles. The van der Waals surface area contributed by atoms with E-state index in [-0.39, 0.29) is 5.76 Å². The lowest BCUT2D eigenvalue weighted by molar-refractivity contribution is 0.0996. The Morgan fingerprint density at radius 2 is 2.30 bits per heavy atom. The number of aryl methyl sites for hydroxylation is 1. The van der Waals surface area contributed by atoms with Crippen molar-refractivity contribution in [2.75, 3.05) is 5.32 Å². The van der Waals surface area contributed by atoms with Crippen LogP contribution in [0.25, 0.3) is 6.08 Å². The van der Waals surface area contributed by atoms with Crippen LogP contribution in [0.5, 0.6) is 0 Å². The Labute approximate surface area is 133 Å². The molecule has 0 unspecified atom stereocenters. The first-order valence-corrected chi connectivity index (χ1v) is 7.11. The summed E-state index contributed by atoms with van der Waals surface area (Å²) < 4.78 is 7.11. The van der Waals surface area contributed by atoms with Crippen molar-refractivity contribution in [2.24, 2.45) is 0 Å². The predicted octanol–water partition coefficient (Wildman–Crippen LogP) is 3.12. The van der Waals surface area contributed by atoms with Crippen LogP contribution in [0, 0.1) is 6.92 Å². The maximum atomic E-state index is 12.0. The summed E-state index contributed by atoms with van der Waals surface area (Å²) in [5.74, 6) is 0.485. The van der Waals surface area contributed by atoms with Gasteiger partial charge in [-0.3, -0.25) is 4.79 Å². The molecule has 2 heterocycles. The molecule has 0 radical (unpaired) electrons. The van der Waals surface area contributed by atoms with Gasteiger partial charge in [-0.2, -0.15) is 0 Å². The Kier molecular flexibility index (Phi) is 4.05. The molecule has 1 N–H and O–H groups in total. The number of imidazole rings is 1. The first kappa shape index (κ1) is 14.8. The highest BCUT2D eigenvalue weighted by Gasteiger charge is 2.13. The number of nitrogens with zero attached hydrogens (tertiary/aromatic N) is 3. The summed E-state index contributed by atoms with van der Waals surface area (Å²) in [5, 5.41) is 2.67. The number of carbonyl (C=O) groups excluding carboxylic acids is 1. The lowest BCUT2D eigenvalue weighted by Crippen LogP contribution is -2.11. The van der Waals surface area contributed by atoms with Gasteiger partial charge in [0.25, 0.3) is 5.91 Å². The van der Waals surface area contributed by atoms with Crippen molar-refractivity contribution in [3.8, 4) is 0 Å². The van der Waals surface area contributed by atoms with E-state index in [0.717, 1.165) is 0 Å². The van der Waals surface area contributed by atoms with Crippen LogP contribution in [-0.4, -0.2) is 20.4 Å². The van der Waals surface area contributed by atoms with Crippen LogP contribution in [0.3, 0.4) is 0 Å². The van der Waals surface area contributed by atoms with Gasteiger partial charge in [0.05, 0.1) is 12.5 Å². The third kappa shape index (κ3) is 3.55. The Morgan fingerprint density at radius 1 is 1.43 bits per heavy atom. The number of aromatic nitrogens is 3. The van der Waals surface area contributed by atoms with Crippen molar-refractivity contribution in [2.45, 2.75) is 13.5 Å². The van der Waals surface area contributed by atoms with Crippen LogP contribution in [0.2, 0.25) is 0 Å². The van der Waals surface area contributed by atoms with Crippen LogP contribution in [0.15, 0.2) is 54.0 Å². The Balaban J connectivity index is 1.67. The molecule has 0 saturated heterocycles. The largest absolute Gasteiger partial charge is 0.432 e. The molecule has 2 aromatic heterocycles. The number of oxazole rings is 1. The third-order valence-electron chi connectivity index (χ3n) is 3.24. The van der Waals surface area contributed by atoms with E-state index in [2.05, 4.69) is 47.0 Å². The number of amides is 1. The standard InChI is InChI=1S/C17H16N4O2/c1-3-16-18-8-14(23-16)17(22)20-15-10-21(11-19-15)9-13-6-4-5-12(2)7-13/h3-8,10-11H,1,9H2,2H3,(H,20,22). The van der Waals surface area contributed by atoms with E-state index < -0.39 is 5.91 Å². The topological polar surface area (TPSA) is 73.0 Å². The Bertz CT molecular complexity index is 848. The molecule has 1 aromatic carbocycles. The first-order valence-electron chi connectivity index (χ1n) is 7.11. The zero-order valence-electron chi connectivity index (χ0n) is 12.7. The van der Waals surface area contributed by atoms with Gasteiger partial charge in [-0.1, -0.05) is 36.4 Å². The quantitative estimate of drug-likeness (QED) is 0.786. The number of rotatable bonds is 5. The second kappa shape index (κ2) is 6.31. The minimum atomic E-state index is -0.397. The van der Waals surface area contributed by atoms with Crippen molar-refractivity contribution in [1.29, 1.82) is 0 Å². The van der Waals surface area contributed by atoms with E-state index in [9.17, 15) is 4.79 Å². The Morgan fingerprint density at radius 3 is 3.04 bits per heavy atom. The molecule has 0 fully saturated rings. The number of nitrogens with one attached hydrogen (secondary N) is 1. The summed E-state index contributed by atoms with van der Waals surface area (Å²) in [5.41, 5.74) is 2.38. The molecule has 3 rings (SSSR count). The number of benzene rings is 1. The maximum absolute atomic E-state index is 12.0. The average molecular weight is 308 g/mol. The van der Waals surface area contributed by atoms with Crippen molar-refractivity contribution in [3.63, 3.8) is 0 Å². The molecule has 0 saturated carbocycles. The molecule has 116 valence electrons.